The number of esters is 1. The number of aromatic amines is 1. The van der Waals surface area contributed by atoms with E-state index in [0.29, 0.717) is 12.2 Å². The molecule has 0 saturated carbocycles. The number of carbonyl (C=O) groups is 1. The molecule has 0 amide bonds. The summed E-state index contributed by atoms with van der Waals surface area (Å²) in [4.78, 5) is 18.5. The lowest BCUT2D eigenvalue weighted by Gasteiger charge is -2.18. The molecule has 1 rings (SSSR count). The number of hydrogen-bond acceptors (Lipinski definition) is 4. The molecule has 0 spiro atoms. The molecule has 0 fully saturated rings. The lowest BCUT2D eigenvalue weighted by atomic mass is 10.2. The topological polar surface area (TPSA) is 67.0 Å². The first-order valence-electron chi connectivity index (χ1n) is 4.84. The van der Waals surface area contributed by atoms with E-state index in [-0.39, 0.29) is 0 Å². The highest BCUT2D eigenvalue weighted by atomic mass is 16.6. The summed E-state index contributed by atoms with van der Waals surface area (Å²) in [5.41, 5.74) is 0.596. The summed E-state index contributed by atoms with van der Waals surface area (Å²) in [7, 11) is 1.81. The Balaban J connectivity index is 2.77. The van der Waals surface area contributed by atoms with Crippen LogP contribution < -0.4 is 5.32 Å². The monoisotopic (exact) mass is 211 g/mol. The minimum atomic E-state index is -0.493. The Bertz CT molecular complexity index is 339. The molecule has 2 N–H and O–H groups in total. The van der Waals surface area contributed by atoms with E-state index in [0.717, 1.165) is 5.69 Å². The first-order valence-corrected chi connectivity index (χ1v) is 4.84. The van der Waals surface area contributed by atoms with Crippen LogP contribution in [0.3, 0.4) is 0 Å². The average Bonchev–Trinajstić information content (AvgIpc) is 2.49. The number of aromatic nitrogens is 2. The van der Waals surface area contributed by atoms with E-state index in [1.807, 2.05) is 20.8 Å². The van der Waals surface area contributed by atoms with E-state index >= 15 is 0 Å². The molecule has 15 heavy (non-hydrogen) atoms. The molecule has 5 nitrogen and oxygen atoms in total. The maximum absolute atomic E-state index is 11.7. The van der Waals surface area contributed by atoms with E-state index in [4.69, 9.17) is 4.74 Å². The van der Waals surface area contributed by atoms with Gasteiger partial charge in [-0.3, -0.25) is 0 Å². The Morgan fingerprint density at radius 1 is 1.60 bits per heavy atom. The number of nitrogens with zero attached hydrogens (tertiary/aromatic N) is 1. The third-order valence-electron chi connectivity index (χ3n) is 1.66. The SMILES string of the molecule is CNCc1[nH]cnc1C(=O)OC(C)(C)C. The molecule has 0 aromatic carbocycles. The third kappa shape index (κ3) is 3.36. The molecule has 1 heterocycles. The molecule has 0 saturated heterocycles. The fourth-order valence-corrected chi connectivity index (χ4v) is 1.13. The summed E-state index contributed by atoms with van der Waals surface area (Å²) in [6.07, 6.45) is 1.49. The average molecular weight is 211 g/mol. The zero-order chi connectivity index (χ0) is 11.5. The van der Waals surface area contributed by atoms with Gasteiger partial charge in [-0.15, -0.1) is 0 Å². The van der Waals surface area contributed by atoms with Crippen LogP contribution in [0.15, 0.2) is 6.33 Å². The number of imidazole rings is 1. The van der Waals surface area contributed by atoms with Crippen molar-refractivity contribution in [2.45, 2.75) is 32.9 Å². The van der Waals surface area contributed by atoms with E-state index in [2.05, 4.69) is 15.3 Å². The van der Waals surface area contributed by atoms with Crippen molar-refractivity contribution in [1.82, 2.24) is 15.3 Å². The Kier molecular flexibility index (Phi) is 3.47. The maximum Gasteiger partial charge on any atom is 0.359 e. The van der Waals surface area contributed by atoms with Gasteiger partial charge in [-0.05, 0) is 27.8 Å². The van der Waals surface area contributed by atoms with Crippen LogP contribution in [0.2, 0.25) is 0 Å². The summed E-state index contributed by atoms with van der Waals surface area (Å²) in [6, 6.07) is 0. The fraction of sp³-hybridized carbons (Fsp3) is 0.600. The summed E-state index contributed by atoms with van der Waals surface area (Å²) in [5, 5.41) is 2.95. The second-order valence-corrected chi connectivity index (χ2v) is 4.26. The van der Waals surface area contributed by atoms with Crippen LogP contribution in [0.5, 0.6) is 0 Å². The first kappa shape index (κ1) is 11.7. The van der Waals surface area contributed by atoms with Gasteiger partial charge in [-0.2, -0.15) is 0 Å². The number of H-pyrrole nitrogens is 1. The highest BCUT2D eigenvalue weighted by molar-refractivity contribution is 5.88. The van der Waals surface area contributed by atoms with Crippen LogP contribution >= 0.6 is 0 Å². The lowest BCUT2D eigenvalue weighted by molar-refractivity contribution is 0.00621. The second-order valence-electron chi connectivity index (χ2n) is 4.26. The highest BCUT2D eigenvalue weighted by Crippen LogP contribution is 2.12. The highest BCUT2D eigenvalue weighted by Gasteiger charge is 2.21. The molecule has 1 aromatic rings. The van der Waals surface area contributed by atoms with Crippen molar-refractivity contribution >= 4 is 5.97 Å². The number of ether oxygens (including phenoxy) is 1. The van der Waals surface area contributed by atoms with Crippen molar-refractivity contribution < 1.29 is 9.53 Å². The Morgan fingerprint density at radius 2 is 2.27 bits per heavy atom. The quantitative estimate of drug-likeness (QED) is 0.734. The molecule has 84 valence electrons. The zero-order valence-corrected chi connectivity index (χ0v) is 9.55. The molecule has 0 bridgehead atoms. The smallest absolute Gasteiger partial charge is 0.359 e. The van der Waals surface area contributed by atoms with E-state index in [1.165, 1.54) is 6.33 Å². The normalized spacial score (nSPS) is 11.5. The molecule has 0 radical (unpaired) electrons. The maximum atomic E-state index is 11.7. The molecule has 0 atom stereocenters. The molecular weight excluding hydrogens is 194 g/mol. The molecule has 0 aliphatic heterocycles. The van der Waals surface area contributed by atoms with Gasteiger partial charge in [0.1, 0.15) is 5.60 Å². The van der Waals surface area contributed by atoms with Crippen molar-refractivity contribution in [3.05, 3.63) is 17.7 Å². The van der Waals surface area contributed by atoms with Gasteiger partial charge in [0.25, 0.3) is 0 Å². The Morgan fingerprint density at radius 3 is 2.80 bits per heavy atom. The van der Waals surface area contributed by atoms with Gasteiger partial charge in [0.15, 0.2) is 5.69 Å². The minimum absolute atomic E-state index is 0.347. The Hall–Kier alpha value is -1.36. The summed E-state index contributed by atoms with van der Waals surface area (Å²) in [5.74, 6) is -0.394. The van der Waals surface area contributed by atoms with E-state index < -0.39 is 11.6 Å². The third-order valence-corrected chi connectivity index (χ3v) is 1.66. The van der Waals surface area contributed by atoms with Gasteiger partial charge in [0.2, 0.25) is 0 Å². The van der Waals surface area contributed by atoms with E-state index in [1.54, 1.807) is 7.05 Å². The van der Waals surface area contributed by atoms with E-state index in [9.17, 15) is 4.79 Å². The van der Waals surface area contributed by atoms with Crippen molar-refractivity contribution in [2.24, 2.45) is 0 Å². The standard InChI is InChI=1S/C10H17N3O2/c1-10(2,3)15-9(14)8-7(5-11-4)12-6-13-8/h6,11H,5H2,1-4H3,(H,12,13). The molecule has 5 heteroatoms. The second kappa shape index (κ2) is 4.44. The molecular formula is C10H17N3O2. The van der Waals surface area contributed by atoms with Crippen LogP contribution in [0.1, 0.15) is 37.0 Å². The fourth-order valence-electron chi connectivity index (χ4n) is 1.13. The van der Waals surface area contributed by atoms with Gasteiger partial charge in [0.05, 0.1) is 12.0 Å². The number of carbonyl (C=O) groups excluding carboxylic acids is 1. The van der Waals surface area contributed by atoms with Crippen LogP contribution in [0, 0.1) is 0 Å². The lowest BCUT2D eigenvalue weighted by Crippen LogP contribution is -2.25. The van der Waals surface area contributed by atoms with Gasteiger partial charge in [-0.25, -0.2) is 9.78 Å². The Labute approximate surface area is 89.2 Å². The number of nitrogens with one attached hydrogen (secondary N) is 2. The molecule has 0 aliphatic carbocycles. The largest absolute Gasteiger partial charge is 0.455 e. The van der Waals surface area contributed by atoms with Gasteiger partial charge < -0.3 is 15.0 Å². The van der Waals surface area contributed by atoms with Crippen molar-refractivity contribution in [3.63, 3.8) is 0 Å². The molecule has 0 aliphatic rings. The summed E-state index contributed by atoms with van der Waals surface area (Å²) >= 11 is 0. The predicted octanol–water partition coefficient (Wildman–Crippen LogP) is 1.08. The number of rotatable bonds is 3. The van der Waals surface area contributed by atoms with Crippen LogP contribution in [-0.2, 0) is 11.3 Å². The van der Waals surface area contributed by atoms with Gasteiger partial charge in [-0.1, -0.05) is 0 Å². The van der Waals surface area contributed by atoms with Crippen molar-refractivity contribution in [2.75, 3.05) is 7.05 Å². The summed E-state index contributed by atoms with van der Waals surface area (Å²) in [6.45, 7) is 6.05. The van der Waals surface area contributed by atoms with Crippen LogP contribution in [0.25, 0.3) is 0 Å². The van der Waals surface area contributed by atoms with Crippen molar-refractivity contribution in [1.29, 1.82) is 0 Å². The van der Waals surface area contributed by atoms with Gasteiger partial charge in [0, 0.05) is 6.54 Å². The predicted molar refractivity (Wildman–Crippen MR) is 56.5 cm³/mol. The van der Waals surface area contributed by atoms with Crippen LogP contribution in [-0.4, -0.2) is 28.6 Å². The molecule has 0 unspecified atom stereocenters. The van der Waals surface area contributed by atoms with Crippen LogP contribution in [0.4, 0.5) is 0 Å². The summed E-state index contributed by atoms with van der Waals surface area (Å²) < 4.78 is 5.22. The zero-order valence-electron chi connectivity index (χ0n) is 9.55. The van der Waals surface area contributed by atoms with Crippen molar-refractivity contribution in [3.8, 4) is 0 Å². The number of hydrogen-bond donors (Lipinski definition) is 2. The molecule has 1 aromatic heterocycles. The minimum Gasteiger partial charge on any atom is -0.455 e. The first-order chi connectivity index (χ1) is 6.94. The van der Waals surface area contributed by atoms with Gasteiger partial charge >= 0.3 is 5.97 Å².